The molecule has 0 aliphatic rings. The Morgan fingerprint density at radius 3 is 2.50 bits per heavy atom. The second kappa shape index (κ2) is 4.04. The Morgan fingerprint density at radius 1 is 1.36 bits per heavy atom. The van der Waals surface area contributed by atoms with Gasteiger partial charge in [0, 0.05) is 3.57 Å². The molecular weight excluding hydrogens is 310 g/mol. The van der Waals surface area contributed by atoms with Crippen LogP contribution in [0.4, 0.5) is 13.2 Å². The molecule has 0 unspecified atom stereocenters. The largest absolute Gasteiger partial charge is 0.573 e. The van der Waals surface area contributed by atoms with Crippen LogP contribution >= 0.6 is 22.6 Å². The van der Waals surface area contributed by atoms with Gasteiger partial charge in [-0.05, 0) is 40.8 Å². The van der Waals surface area contributed by atoms with E-state index in [0.717, 1.165) is 6.07 Å². The lowest BCUT2D eigenvalue weighted by Crippen LogP contribution is -2.17. The summed E-state index contributed by atoms with van der Waals surface area (Å²) in [5, 5.41) is 8.54. The Labute approximate surface area is 91.4 Å². The number of hydrogen-bond donors (Lipinski definition) is 0. The molecular formula is C8H3F3INO. The molecule has 14 heavy (non-hydrogen) atoms. The molecule has 0 heterocycles. The number of benzene rings is 1. The molecule has 1 rings (SSSR count). The summed E-state index contributed by atoms with van der Waals surface area (Å²) in [5.74, 6) is -0.472. The normalized spacial score (nSPS) is 10.8. The third-order valence-corrected chi connectivity index (χ3v) is 1.96. The number of nitriles is 1. The number of nitrogens with zero attached hydrogens (tertiary/aromatic N) is 1. The van der Waals surface area contributed by atoms with Crippen molar-refractivity contribution in [2.24, 2.45) is 0 Å². The third kappa shape index (κ3) is 3.06. The second-order valence-electron chi connectivity index (χ2n) is 2.30. The number of ether oxygens (including phenoxy) is 1. The van der Waals surface area contributed by atoms with Crippen LogP contribution in [0.3, 0.4) is 0 Å². The van der Waals surface area contributed by atoms with Crippen LogP contribution in [0, 0.1) is 14.9 Å². The lowest BCUT2D eigenvalue weighted by molar-refractivity contribution is -0.274. The first-order valence-corrected chi connectivity index (χ1v) is 4.45. The predicted octanol–water partition coefficient (Wildman–Crippen LogP) is 3.06. The lowest BCUT2D eigenvalue weighted by atomic mass is 10.2. The molecule has 6 heteroatoms. The summed E-state index contributed by atoms with van der Waals surface area (Å²) in [6, 6.07) is 5.50. The molecule has 2 nitrogen and oxygen atoms in total. The highest BCUT2D eigenvalue weighted by molar-refractivity contribution is 14.1. The van der Waals surface area contributed by atoms with Crippen LogP contribution in [-0.4, -0.2) is 6.36 Å². The van der Waals surface area contributed by atoms with Gasteiger partial charge in [-0.2, -0.15) is 5.26 Å². The van der Waals surface area contributed by atoms with E-state index < -0.39 is 12.1 Å². The summed E-state index contributed by atoms with van der Waals surface area (Å²) in [5.41, 5.74) is -0.130. The average molecular weight is 313 g/mol. The zero-order chi connectivity index (χ0) is 10.8. The van der Waals surface area contributed by atoms with Crippen molar-refractivity contribution < 1.29 is 17.9 Å². The van der Waals surface area contributed by atoms with E-state index in [1.807, 2.05) is 22.6 Å². The Bertz CT molecular complexity index is 383. The Kier molecular flexibility index (Phi) is 3.21. The van der Waals surface area contributed by atoms with Crippen molar-refractivity contribution in [3.63, 3.8) is 0 Å². The van der Waals surface area contributed by atoms with Gasteiger partial charge in [-0.15, -0.1) is 13.2 Å². The van der Waals surface area contributed by atoms with E-state index in [0.29, 0.717) is 3.57 Å². The molecule has 0 saturated carbocycles. The number of hydrogen-bond acceptors (Lipinski definition) is 2. The minimum absolute atomic E-state index is 0.130. The monoisotopic (exact) mass is 313 g/mol. The Balaban J connectivity index is 3.05. The maximum Gasteiger partial charge on any atom is 0.573 e. The third-order valence-electron chi connectivity index (χ3n) is 1.29. The summed E-state index contributed by atoms with van der Waals surface area (Å²) in [6.45, 7) is 0. The van der Waals surface area contributed by atoms with E-state index in [-0.39, 0.29) is 5.56 Å². The van der Waals surface area contributed by atoms with Gasteiger partial charge in [0.15, 0.2) is 0 Å². The molecule has 0 bridgehead atoms. The van der Waals surface area contributed by atoms with Gasteiger partial charge in [-0.1, -0.05) is 0 Å². The van der Waals surface area contributed by atoms with Crippen LogP contribution in [0.15, 0.2) is 18.2 Å². The van der Waals surface area contributed by atoms with Crippen LogP contribution < -0.4 is 4.74 Å². The molecule has 0 fully saturated rings. The maximum absolute atomic E-state index is 11.8. The number of halogens is 4. The predicted molar refractivity (Wildman–Crippen MR) is 50.6 cm³/mol. The van der Waals surface area contributed by atoms with Gasteiger partial charge < -0.3 is 4.74 Å². The minimum Gasteiger partial charge on any atom is -0.404 e. The number of rotatable bonds is 1. The standard InChI is InChI=1S/C8H3F3INO/c9-8(10,11)14-7-2-1-6(12)3-5(7)4-13/h1-3H. The zero-order valence-corrected chi connectivity index (χ0v) is 8.76. The first kappa shape index (κ1) is 11.1. The fraction of sp³-hybridized carbons (Fsp3) is 0.125. The number of alkyl halides is 3. The van der Waals surface area contributed by atoms with Crippen LogP contribution in [0.2, 0.25) is 0 Å². The van der Waals surface area contributed by atoms with Gasteiger partial charge >= 0.3 is 6.36 Å². The summed E-state index contributed by atoms with van der Waals surface area (Å²) in [6.07, 6.45) is -4.77. The van der Waals surface area contributed by atoms with E-state index in [9.17, 15) is 13.2 Å². The van der Waals surface area contributed by atoms with Crippen molar-refractivity contribution in [1.29, 1.82) is 5.26 Å². The van der Waals surface area contributed by atoms with Gasteiger partial charge in [-0.25, -0.2) is 0 Å². The molecule has 74 valence electrons. The van der Waals surface area contributed by atoms with Crippen molar-refractivity contribution in [2.45, 2.75) is 6.36 Å². The smallest absolute Gasteiger partial charge is 0.404 e. The summed E-state index contributed by atoms with van der Waals surface area (Å²) in [7, 11) is 0. The highest BCUT2D eigenvalue weighted by atomic mass is 127. The molecule has 1 aromatic carbocycles. The van der Waals surface area contributed by atoms with Crippen LogP contribution in [0.25, 0.3) is 0 Å². The van der Waals surface area contributed by atoms with Gasteiger partial charge in [0.05, 0.1) is 5.56 Å². The van der Waals surface area contributed by atoms with Crippen molar-refractivity contribution in [3.05, 3.63) is 27.3 Å². The second-order valence-corrected chi connectivity index (χ2v) is 3.55. The van der Waals surface area contributed by atoms with Crippen molar-refractivity contribution in [2.75, 3.05) is 0 Å². The van der Waals surface area contributed by atoms with Crippen LogP contribution in [0.1, 0.15) is 5.56 Å². The minimum atomic E-state index is -4.77. The first-order chi connectivity index (χ1) is 6.42. The van der Waals surface area contributed by atoms with Crippen LogP contribution in [-0.2, 0) is 0 Å². The molecule has 0 aliphatic carbocycles. The van der Waals surface area contributed by atoms with E-state index in [2.05, 4.69) is 4.74 Å². The van der Waals surface area contributed by atoms with Gasteiger partial charge in [-0.3, -0.25) is 0 Å². The molecule has 0 aromatic heterocycles. The van der Waals surface area contributed by atoms with E-state index >= 15 is 0 Å². The highest BCUT2D eigenvalue weighted by Crippen LogP contribution is 2.26. The molecule has 0 atom stereocenters. The molecule has 0 saturated heterocycles. The molecule has 0 radical (unpaired) electrons. The SMILES string of the molecule is N#Cc1cc(I)ccc1OC(F)(F)F. The lowest BCUT2D eigenvalue weighted by Gasteiger charge is -2.09. The fourth-order valence-electron chi connectivity index (χ4n) is 0.803. The molecule has 0 spiro atoms. The summed E-state index contributed by atoms with van der Waals surface area (Å²) >= 11 is 1.89. The maximum atomic E-state index is 11.8. The zero-order valence-electron chi connectivity index (χ0n) is 6.60. The van der Waals surface area contributed by atoms with E-state index in [1.54, 1.807) is 6.07 Å². The van der Waals surface area contributed by atoms with Gasteiger partial charge in [0.1, 0.15) is 11.8 Å². The van der Waals surface area contributed by atoms with Crippen LogP contribution in [0.5, 0.6) is 5.75 Å². The van der Waals surface area contributed by atoms with E-state index in [1.165, 1.54) is 12.1 Å². The fourth-order valence-corrected chi connectivity index (χ4v) is 1.29. The highest BCUT2D eigenvalue weighted by Gasteiger charge is 2.32. The average Bonchev–Trinajstić information content (AvgIpc) is 2.06. The Morgan fingerprint density at radius 2 is 2.00 bits per heavy atom. The van der Waals surface area contributed by atoms with Gasteiger partial charge in [0.25, 0.3) is 0 Å². The first-order valence-electron chi connectivity index (χ1n) is 3.38. The quantitative estimate of drug-likeness (QED) is 0.747. The molecule has 0 amide bonds. The van der Waals surface area contributed by atoms with Crippen molar-refractivity contribution >= 4 is 22.6 Å². The Hall–Kier alpha value is -0.970. The molecule has 1 aromatic rings. The van der Waals surface area contributed by atoms with E-state index in [4.69, 9.17) is 5.26 Å². The molecule has 0 aliphatic heterocycles. The summed E-state index contributed by atoms with van der Waals surface area (Å²) in [4.78, 5) is 0. The van der Waals surface area contributed by atoms with Crippen molar-refractivity contribution in [3.8, 4) is 11.8 Å². The summed E-state index contributed by atoms with van der Waals surface area (Å²) < 4.78 is 39.8. The topological polar surface area (TPSA) is 33.0 Å². The van der Waals surface area contributed by atoms with Gasteiger partial charge in [0.2, 0.25) is 0 Å². The molecule has 0 N–H and O–H groups in total. The van der Waals surface area contributed by atoms with Crippen molar-refractivity contribution in [1.82, 2.24) is 0 Å².